The second kappa shape index (κ2) is 19.1. The summed E-state index contributed by atoms with van der Waals surface area (Å²) in [6, 6.07) is 11.8. The number of fused-ring (bicyclic) bond motifs is 8. The molecule has 7 aliphatic rings. The summed E-state index contributed by atoms with van der Waals surface area (Å²) in [5, 5.41) is 0. The number of likely N-dealkylation sites (N-methyl/N-ethyl adjacent to an activating group) is 1. The Labute approximate surface area is 364 Å². The van der Waals surface area contributed by atoms with E-state index < -0.39 is 12.4 Å². The Morgan fingerprint density at radius 3 is 2.23 bits per heavy atom. The first-order valence-electron chi connectivity index (χ1n) is 23.5. The Morgan fingerprint density at radius 1 is 0.836 bits per heavy atom. The Bertz CT molecular complexity index is 1690. The van der Waals surface area contributed by atoms with Gasteiger partial charge in [-0.3, -0.25) is 14.5 Å². The number of ketones is 1. The summed E-state index contributed by atoms with van der Waals surface area (Å²) in [7, 11) is 9.23. The number of hydrogen-bond donors (Lipinski definition) is 0. The zero-order valence-electron chi connectivity index (χ0n) is 38.4. The minimum absolute atomic E-state index is 0.0250. The van der Waals surface area contributed by atoms with Crippen LogP contribution in [-0.2, 0) is 47.5 Å². The van der Waals surface area contributed by atoms with E-state index in [-0.39, 0.29) is 109 Å². The van der Waals surface area contributed by atoms with Gasteiger partial charge < -0.3 is 42.8 Å². The highest BCUT2D eigenvalue weighted by Gasteiger charge is 2.70. The van der Waals surface area contributed by atoms with Crippen molar-refractivity contribution < 1.29 is 47.5 Å². The molecule has 61 heavy (non-hydrogen) atoms. The fourth-order valence-corrected chi connectivity index (χ4v) is 13.1. The summed E-state index contributed by atoms with van der Waals surface area (Å²) >= 11 is 0. The van der Waals surface area contributed by atoms with E-state index in [9.17, 15) is 4.79 Å². The molecule has 3 aliphatic carbocycles. The highest BCUT2D eigenvalue weighted by Crippen LogP contribution is 2.65. The van der Waals surface area contributed by atoms with Crippen LogP contribution in [0.3, 0.4) is 0 Å². The molecule has 2 saturated carbocycles. The number of rotatable bonds is 11. The van der Waals surface area contributed by atoms with Crippen LogP contribution in [0.5, 0.6) is 0 Å². The molecule has 0 spiro atoms. The van der Waals surface area contributed by atoms with Crippen molar-refractivity contribution in [1.29, 1.82) is 0 Å². The number of Topliss-reactive ketones (excluding diaryl/α,β-unsaturated/α-hetero) is 1. The van der Waals surface area contributed by atoms with Gasteiger partial charge in [0.25, 0.3) is 0 Å². The maximum atomic E-state index is 15.2. The number of cyclic esters (lactones) is 1. The first-order valence-corrected chi connectivity index (χ1v) is 23.5. The fourth-order valence-electron chi connectivity index (χ4n) is 13.1. The largest absolute Gasteiger partial charge is 0.462 e. The summed E-state index contributed by atoms with van der Waals surface area (Å²) in [4.78, 5) is 34.2. The molecule has 1 aromatic carbocycles. The molecule has 4 heterocycles. The highest BCUT2D eigenvalue weighted by atomic mass is 16.7. The number of methoxy groups -OCH3 is 3. The third-order valence-electron chi connectivity index (χ3n) is 16.2. The average Bonchev–Trinajstić information content (AvgIpc) is 3.65. The monoisotopic (exact) mass is 851 g/mol. The minimum Gasteiger partial charge on any atom is -0.462 e. The molecular formula is C49H74N2O10. The standard InChI is InChI=1S/C49H74N2O10/c1-11-31-18-15-19-39(61-41-21-20-38(50(6)7)28(4)57-41)26(2)45(53)37-24-34-33-22-32(60-49-48(56-10)47(55-9)46(54-8)29(5)58-49)23-36(33)43-44(42(34)35(37)25-40(52)59-31)51(43)27(3)30-16-13-12-14-17-30/h12-14,16-17,24,26-29,31-36,38-39,41-44,46-49H,11,15,18-23,25H2,1-10H3/t26-,27-,28?,29?,31+,32+,33+,34+,35-,36-,38+,39+,41+,42-,43+,44-,46+,47-,48?,49+,51?/m1/s1. The second-order valence-electron chi connectivity index (χ2n) is 19.6. The van der Waals surface area contributed by atoms with Gasteiger partial charge in [-0.1, -0.05) is 50.3 Å². The normalized spacial score (nSPS) is 45.7. The van der Waals surface area contributed by atoms with Crippen molar-refractivity contribution in [3.63, 3.8) is 0 Å². The predicted molar refractivity (Wildman–Crippen MR) is 229 cm³/mol. The number of ether oxygens (including phenoxy) is 8. The molecule has 21 atom stereocenters. The molecule has 12 nitrogen and oxygen atoms in total. The van der Waals surface area contributed by atoms with Crippen molar-refractivity contribution in [3.05, 3.63) is 47.5 Å². The lowest BCUT2D eigenvalue weighted by molar-refractivity contribution is -0.314. The summed E-state index contributed by atoms with van der Waals surface area (Å²) in [6.45, 7) is 10.6. The van der Waals surface area contributed by atoms with Crippen LogP contribution >= 0.6 is 0 Å². The van der Waals surface area contributed by atoms with Crippen molar-refractivity contribution in [3.8, 4) is 0 Å². The molecule has 4 aliphatic heterocycles. The van der Waals surface area contributed by atoms with Crippen LogP contribution in [0.1, 0.15) is 104 Å². The van der Waals surface area contributed by atoms with Gasteiger partial charge in [0, 0.05) is 57.3 Å². The Kier molecular flexibility index (Phi) is 14.2. The van der Waals surface area contributed by atoms with Crippen molar-refractivity contribution in [1.82, 2.24) is 9.80 Å². The molecule has 4 saturated heterocycles. The molecule has 0 N–H and O–H groups in total. The number of carbonyl (C=O) groups excluding carboxylic acids is 2. The Hall–Kier alpha value is -2.26. The van der Waals surface area contributed by atoms with Gasteiger partial charge in [0.2, 0.25) is 0 Å². The zero-order valence-corrected chi connectivity index (χ0v) is 38.4. The average molecular weight is 851 g/mol. The number of benzene rings is 1. The SMILES string of the molecule is CC[C@H]1CCC[C@H](O[C@H]2CC[C@H](N(C)C)C(C)O2)[C@@H](C)C(=O)C2=C[C@H]3[C@@H]4C[C@H](O[C@@H]5OC(C)[C@H](OC)[C@@H](OC)C5OC)C[C@H]4[C@H]4[C@@H]([C@H]3[C@@H]2CC(=O)O1)N4[C@H](C)c1ccccc1. The molecule has 12 heteroatoms. The molecule has 0 bridgehead atoms. The van der Waals surface area contributed by atoms with E-state index in [0.717, 1.165) is 50.5 Å². The molecule has 340 valence electrons. The van der Waals surface area contributed by atoms with Crippen LogP contribution in [0.2, 0.25) is 0 Å². The summed E-state index contributed by atoms with van der Waals surface area (Å²) < 4.78 is 50.7. The summed E-state index contributed by atoms with van der Waals surface area (Å²) in [6.07, 6.45) is 6.15. The molecule has 4 unspecified atom stereocenters. The molecule has 0 aromatic heterocycles. The maximum absolute atomic E-state index is 15.2. The summed E-state index contributed by atoms with van der Waals surface area (Å²) in [5.74, 6) is 0.111. The van der Waals surface area contributed by atoms with Crippen molar-refractivity contribution in [2.45, 2.75) is 178 Å². The molecule has 0 amide bonds. The van der Waals surface area contributed by atoms with E-state index in [2.05, 4.69) is 81.1 Å². The van der Waals surface area contributed by atoms with Gasteiger partial charge in [0.15, 0.2) is 18.4 Å². The number of likely N-dealkylation sites (tertiary alicyclic amines) is 1. The van der Waals surface area contributed by atoms with E-state index in [0.29, 0.717) is 24.4 Å². The van der Waals surface area contributed by atoms with E-state index in [1.165, 1.54) is 5.56 Å². The number of allylic oxidation sites excluding steroid dienone is 2. The Morgan fingerprint density at radius 2 is 1.56 bits per heavy atom. The summed E-state index contributed by atoms with van der Waals surface area (Å²) in [5.41, 5.74) is 2.07. The topological polar surface area (TPSA) is 114 Å². The molecule has 6 fully saturated rings. The van der Waals surface area contributed by atoms with Gasteiger partial charge in [0.05, 0.1) is 30.8 Å². The van der Waals surface area contributed by atoms with Gasteiger partial charge in [-0.2, -0.15) is 0 Å². The fraction of sp³-hybridized carbons (Fsp3) is 0.796. The van der Waals surface area contributed by atoms with Gasteiger partial charge in [-0.05, 0) is 121 Å². The van der Waals surface area contributed by atoms with Gasteiger partial charge in [-0.25, -0.2) is 0 Å². The van der Waals surface area contributed by atoms with Crippen LogP contribution < -0.4 is 0 Å². The first kappa shape index (κ1) is 45.3. The van der Waals surface area contributed by atoms with E-state index >= 15 is 4.79 Å². The van der Waals surface area contributed by atoms with Gasteiger partial charge in [-0.15, -0.1) is 0 Å². The number of nitrogens with zero attached hydrogens (tertiary/aromatic N) is 2. The lowest BCUT2D eigenvalue weighted by atomic mass is 9.66. The number of esters is 1. The predicted octanol–water partition coefficient (Wildman–Crippen LogP) is 6.75. The van der Waals surface area contributed by atoms with E-state index in [1.807, 2.05) is 13.8 Å². The molecule has 0 radical (unpaired) electrons. The van der Waals surface area contributed by atoms with Crippen LogP contribution in [0.15, 0.2) is 42.0 Å². The first-order chi connectivity index (χ1) is 29.4. The molecule has 1 aromatic rings. The van der Waals surface area contributed by atoms with Crippen LogP contribution in [0.4, 0.5) is 0 Å². The minimum atomic E-state index is -0.617. The quantitative estimate of drug-likeness (QED) is 0.174. The number of hydrogen-bond acceptors (Lipinski definition) is 12. The van der Waals surface area contributed by atoms with Crippen LogP contribution in [0, 0.1) is 35.5 Å². The van der Waals surface area contributed by atoms with Gasteiger partial charge >= 0.3 is 5.97 Å². The maximum Gasteiger partial charge on any atom is 0.306 e. The molecular weight excluding hydrogens is 777 g/mol. The smallest absolute Gasteiger partial charge is 0.306 e. The number of carbonyl (C=O) groups is 2. The third-order valence-corrected chi connectivity index (χ3v) is 16.2. The third kappa shape index (κ3) is 8.80. The van der Waals surface area contributed by atoms with Crippen molar-refractivity contribution in [2.75, 3.05) is 35.4 Å². The van der Waals surface area contributed by atoms with Crippen molar-refractivity contribution >= 4 is 11.8 Å². The second-order valence-corrected chi connectivity index (χ2v) is 19.6. The van der Waals surface area contributed by atoms with Crippen LogP contribution in [0.25, 0.3) is 0 Å². The van der Waals surface area contributed by atoms with E-state index in [1.54, 1.807) is 21.3 Å². The van der Waals surface area contributed by atoms with E-state index in [4.69, 9.17) is 37.9 Å². The molecule has 8 rings (SSSR count). The lowest BCUT2D eigenvalue weighted by Crippen LogP contribution is -2.59. The highest BCUT2D eigenvalue weighted by molar-refractivity contribution is 5.99. The van der Waals surface area contributed by atoms with Crippen LogP contribution in [-0.4, -0.2) is 137 Å². The van der Waals surface area contributed by atoms with Gasteiger partial charge in [0.1, 0.15) is 24.4 Å². The lowest BCUT2D eigenvalue weighted by Gasteiger charge is -2.44. The zero-order chi connectivity index (χ0) is 43.3. The Balaban J connectivity index is 1.10. The van der Waals surface area contributed by atoms with Crippen molar-refractivity contribution in [2.24, 2.45) is 35.5 Å².